The number of hydrogen-bond acceptors (Lipinski definition) is 7. The van der Waals surface area contributed by atoms with Crippen LogP contribution >= 0.6 is 0 Å². The van der Waals surface area contributed by atoms with Crippen molar-refractivity contribution in [3.8, 4) is 11.5 Å². The zero-order chi connectivity index (χ0) is 17.4. The lowest BCUT2D eigenvalue weighted by atomic mass is 9.91. The molecule has 0 radical (unpaired) electrons. The average Bonchev–Trinajstić information content (AvgIpc) is 2.70. The molecule has 0 aromatic heterocycles. The molecule has 1 atom stereocenters. The van der Waals surface area contributed by atoms with Crippen molar-refractivity contribution >= 4 is 15.8 Å². The third-order valence-corrected chi connectivity index (χ3v) is 3.91. The maximum absolute atomic E-state index is 12.4. The number of benzene rings is 1. The summed E-state index contributed by atoms with van der Waals surface area (Å²) in [7, 11) is -0.818. The van der Waals surface area contributed by atoms with Crippen molar-refractivity contribution in [3.63, 3.8) is 0 Å². The normalized spacial score (nSPS) is 21.1. The molecule has 2 rings (SSSR count). The van der Waals surface area contributed by atoms with Gasteiger partial charge in [-0.25, -0.2) is 8.42 Å². The molecular weight excluding hydrogens is 326 g/mol. The van der Waals surface area contributed by atoms with Crippen molar-refractivity contribution in [2.75, 3.05) is 20.5 Å². The fourth-order valence-corrected chi connectivity index (χ4v) is 2.61. The van der Waals surface area contributed by atoms with E-state index in [1.54, 1.807) is 6.07 Å². The minimum atomic E-state index is -3.72. The molecule has 0 saturated carbocycles. The van der Waals surface area contributed by atoms with Gasteiger partial charge in [0.25, 0.3) is 5.78 Å². The maximum atomic E-state index is 12.4. The van der Waals surface area contributed by atoms with Crippen LogP contribution < -0.4 is 14.2 Å². The Kier molecular flexibility index (Phi) is 4.16. The predicted octanol–water partition coefficient (Wildman–Crippen LogP) is 0.795. The van der Waals surface area contributed by atoms with Gasteiger partial charge in [-0.2, -0.15) is 0 Å². The van der Waals surface area contributed by atoms with Crippen molar-refractivity contribution in [3.05, 3.63) is 35.4 Å². The summed E-state index contributed by atoms with van der Waals surface area (Å²) < 4.78 is 40.3. The summed E-state index contributed by atoms with van der Waals surface area (Å²) in [6.45, 7) is 1.41. The third kappa shape index (κ3) is 3.19. The second-order valence-corrected chi connectivity index (χ2v) is 6.87. The van der Waals surface area contributed by atoms with Gasteiger partial charge in [-0.05, 0) is 19.1 Å². The fourth-order valence-electron chi connectivity index (χ4n) is 2.14. The number of carbonyl (C=O) groups is 1. The highest BCUT2D eigenvalue weighted by atomic mass is 32.2. The number of aliphatic hydroxyl groups excluding tert-OH is 1. The van der Waals surface area contributed by atoms with Crippen LogP contribution in [0.1, 0.15) is 12.5 Å². The van der Waals surface area contributed by atoms with Gasteiger partial charge < -0.3 is 19.3 Å². The third-order valence-electron chi connectivity index (χ3n) is 3.35. The number of rotatable bonds is 5. The number of ketones is 1. The van der Waals surface area contributed by atoms with Crippen molar-refractivity contribution in [2.24, 2.45) is 0 Å². The first-order valence-electron chi connectivity index (χ1n) is 6.49. The number of sulfonamides is 1. The number of hydrogen-bond donors (Lipinski definition) is 2. The highest BCUT2D eigenvalue weighted by Gasteiger charge is 2.49. The van der Waals surface area contributed by atoms with Crippen molar-refractivity contribution in [1.29, 1.82) is 0 Å². The average molecular weight is 343 g/mol. The Morgan fingerprint density at radius 1 is 1.17 bits per heavy atom. The molecule has 0 amide bonds. The van der Waals surface area contributed by atoms with E-state index in [9.17, 15) is 18.3 Å². The summed E-state index contributed by atoms with van der Waals surface area (Å²) >= 11 is 0. The Hall–Kier alpha value is -2.42. The molecule has 1 aliphatic rings. The topological polar surface area (TPSA) is 111 Å². The molecule has 0 spiro atoms. The molecular formula is C14H17NO7S. The summed E-state index contributed by atoms with van der Waals surface area (Å²) in [5.41, 5.74) is -1.27. The van der Waals surface area contributed by atoms with E-state index in [1.165, 1.54) is 33.3 Å². The number of methoxy groups -OCH3 is 2. The van der Waals surface area contributed by atoms with E-state index in [-0.39, 0.29) is 0 Å². The number of aliphatic hydroxyl groups is 1. The minimum absolute atomic E-state index is 0.343. The molecule has 0 saturated heterocycles. The van der Waals surface area contributed by atoms with Crippen molar-refractivity contribution < 1.29 is 32.5 Å². The zero-order valence-electron chi connectivity index (χ0n) is 13.0. The molecule has 1 heterocycles. The van der Waals surface area contributed by atoms with Gasteiger partial charge in [0.15, 0.2) is 5.60 Å². The van der Waals surface area contributed by atoms with E-state index < -0.39 is 33.0 Å². The Morgan fingerprint density at radius 2 is 1.70 bits per heavy atom. The van der Waals surface area contributed by atoms with E-state index in [2.05, 4.69) is 0 Å². The lowest BCUT2D eigenvalue weighted by Crippen LogP contribution is -2.32. The molecule has 1 aromatic rings. The molecule has 23 heavy (non-hydrogen) atoms. The molecule has 1 aliphatic heterocycles. The summed E-state index contributed by atoms with van der Waals surface area (Å²) in [6.07, 6.45) is 0.880. The Morgan fingerprint density at radius 3 is 2.13 bits per heavy atom. The lowest BCUT2D eigenvalue weighted by Gasteiger charge is -2.24. The molecule has 9 heteroatoms. The zero-order valence-corrected chi connectivity index (χ0v) is 13.9. The first-order chi connectivity index (χ1) is 10.6. The van der Waals surface area contributed by atoms with Crippen LogP contribution in [0.15, 0.2) is 29.8 Å². The number of ether oxygens (including phenoxy) is 3. The van der Waals surface area contributed by atoms with Crippen molar-refractivity contribution in [2.45, 2.75) is 12.5 Å². The van der Waals surface area contributed by atoms with Gasteiger partial charge in [0, 0.05) is 11.6 Å². The fraction of sp³-hybridized carbons (Fsp3) is 0.357. The van der Waals surface area contributed by atoms with E-state index in [4.69, 9.17) is 14.2 Å². The monoisotopic (exact) mass is 343 g/mol. The largest absolute Gasteiger partial charge is 0.501 e. The molecule has 1 unspecified atom stereocenters. The van der Waals surface area contributed by atoms with E-state index >= 15 is 0 Å². The van der Waals surface area contributed by atoms with Crippen LogP contribution in [0.2, 0.25) is 0 Å². The molecule has 0 fully saturated rings. The molecule has 0 bridgehead atoms. The molecule has 2 N–H and O–H groups in total. The molecule has 1 aromatic carbocycles. The van der Waals surface area contributed by atoms with Gasteiger partial charge >= 0.3 is 0 Å². The predicted molar refractivity (Wildman–Crippen MR) is 80.6 cm³/mol. The van der Waals surface area contributed by atoms with Crippen LogP contribution in [0.5, 0.6) is 11.5 Å². The summed E-state index contributed by atoms with van der Waals surface area (Å²) in [6, 6.07) is 4.68. The Balaban J connectivity index is 2.47. The minimum Gasteiger partial charge on any atom is -0.501 e. The van der Waals surface area contributed by atoms with Crippen LogP contribution in [0, 0.1) is 0 Å². The highest BCUT2D eigenvalue weighted by molar-refractivity contribution is 7.88. The number of Topliss-reactive ketones (excluding diaryl/α,β-unsaturated/α-hetero) is 1. The van der Waals surface area contributed by atoms with Crippen LogP contribution in [0.25, 0.3) is 0 Å². The SMILES string of the molecule is COc1cc(OC)cc(C2(C)OC(NS(C)(=O)=O)=C(O)C2=O)c1. The lowest BCUT2D eigenvalue weighted by molar-refractivity contribution is -0.131. The molecule has 0 aliphatic carbocycles. The van der Waals surface area contributed by atoms with Gasteiger partial charge in [0.2, 0.25) is 21.7 Å². The van der Waals surface area contributed by atoms with Gasteiger partial charge in [-0.15, -0.1) is 0 Å². The van der Waals surface area contributed by atoms with Gasteiger partial charge in [-0.3, -0.25) is 9.52 Å². The summed E-state index contributed by atoms with van der Waals surface area (Å²) in [5.74, 6) is -1.25. The van der Waals surface area contributed by atoms with Gasteiger partial charge in [0.05, 0.1) is 20.5 Å². The summed E-state index contributed by atoms with van der Waals surface area (Å²) in [4.78, 5) is 12.4. The smallest absolute Gasteiger partial charge is 0.250 e. The van der Waals surface area contributed by atoms with Crippen LogP contribution in [0.4, 0.5) is 0 Å². The summed E-state index contributed by atoms with van der Waals surface area (Å²) in [5, 5.41) is 9.89. The van der Waals surface area contributed by atoms with E-state index in [1.807, 2.05) is 4.72 Å². The first-order valence-corrected chi connectivity index (χ1v) is 8.38. The molecule has 8 nitrogen and oxygen atoms in total. The van der Waals surface area contributed by atoms with Crippen LogP contribution in [-0.4, -0.2) is 39.8 Å². The maximum Gasteiger partial charge on any atom is 0.250 e. The quantitative estimate of drug-likeness (QED) is 0.813. The van der Waals surface area contributed by atoms with Gasteiger partial charge in [-0.1, -0.05) is 0 Å². The number of nitrogens with one attached hydrogen (secondary N) is 1. The second-order valence-electron chi connectivity index (χ2n) is 5.12. The Labute approximate surface area is 133 Å². The standard InChI is InChI=1S/C14H17NO7S/c1-14(8-5-9(20-2)7-10(6-8)21-3)12(17)11(16)13(22-14)15-23(4,18)19/h5-7,15-16H,1-4H3. The van der Waals surface area contributed by atoms with Crippen LogP contribution in [0.3, 0.4) is 0 Å². The van der Waals surface area contributed by atoms with Gasteiger partial charge in [0.1, 0.15) is 11.5 Å². The van der Waals surface area contributed by atoms with E-state index in [0.29, 0.717) is 17.1 Å². The van der Waals surface area contributed by atoms with Crippen molar-refractivity contribution in [1.82, 2.24) is 4.72 Å². The van der Waals surface area contributed by atoms with E-state index in [0.717, 1.165) is 6.26 Å². The highest BCUT2D eigenvalue weighted by Crippen LogP contribution is 2.40. The Bertz CT molecular complexity index is 762. The number of carbonyl (C=O) groups excluding carboxylic acids is 1. The first kappa shape index (κ1) is 16.9. The molecule has 126 valence electrons. The van der Waals surface area contributed by atoms with Crippen LogP contribution in [-0.2, 0) is 25.2 Å². The second kappa shape index (κ2) is 5.65.